The van der Waals surface area contributed by atoms with Gasteiger partial charge in [0.15, 0.2) is 5.82 Å². The quantitative estimate of drug-likeness (QED) is 0.396. The van der Waals surface area contributed by atoms with E-state index in [0.29, 0.717) is 67.2 Å². The van der Waals surface area contributed by atoms with Crippen molar-refractivity contribution in [2.24, 2.45) is 0 Å². The first-order valence-corrected chi connectivity index (χ1v) is 11.7. The number of hydrogen-bond donors (Lipinski definition) is 2. The predicted octanol–water partition coefficient (Wildman–Crippen LogP) is 3.30. The van der Waals surface area contributed by atoms with Crippen LogP contribution in [0.15, 0.2) is 42.7 Å². The molecule has 10 heteroatoms. The van der Waals surface area contributed by atoms with E-state index in [1.54, 1.807) is 25.4 Å². The Hall–Kier alpha value is -3.89. The van der Waals surface area contributed by atoms with Gasteiger partial charge in [-0.1, -0.05) is 0 Å². The molecule has 0 unspecified atom stereocenters. The van der Waals surface area contributed by atoms with E-state index < -0.39 is 0 Å². The van der Waals surface area contributed by atoms with Crippen LogP contribution in [0.2, 0.25) is 0 Å². The smallest absolute Gasteiger partial charge is 0.165 e. The van der Waals surface area contributed by atoms with Crippen LogP contribution in [0.3, 0.4) is 0 Å². The third-order valence-electron chi connectivity index (χ3n) is 6.37. The van der Waals surface area contributed by atoms with Gasteiger partial charge in [0.05, 0.1) is 48.5 Å². The van der Waals surface area contributed by atoms with Crippen LogP contribution in [0, 0.1) is 5.82 Å². The Morgan fingerprint density at radius 3 is 2.61 bits per heavy atom. The summed E-state index contributed by atoms with van der Waals surface area (Å²) < 4.78 is 27.2. The van der Waals surface area contributed by atoms with Crippen LogP contribution in [0.1, 0.15) is 5.56 Å². The Morgan fingerprint density at radius 2 is 1.89 bits per heavy atom. The van der Waals surface area contributed by atoms with E-state index in [-0.39, 0.29) is 5.82 Å². The summed E-state index contributed by atoms with van der Waals surface area (Å²) in [6, 6.07) is 8.42. The van der Waals surface area contributed by atoms with Crippen LogP contribution in [-0.2, 0) is 11.3 Å². The van der Waals surface area contributed by atoms with E-state index in [2.05, 4.69) is 14.8 Å². The molecule has 1 saturated heterocycles. The number of fused-ring (bicyclic) bond motifs is 1. The average Bonchev–Trinajstić information content (AvgIpc) is 3.21. The SMILES string of the molecule is COc1cc(N2CCOCC2)c(N)c(-c2nccc(-n3cc(CN(C)C)c4ccc(F)cc43)n2)c1N. The van der Waals surface area contributed by atoms with E-state index in [1.807, 2.05) is 30.9 Å². The summed E-state index contributed by atoms with van der Waals surface area (Å²) in [6.07, 6.45) is 3.63. The van der Waals surface area contributed by atoms with Gasteiger partial charge in [0.2, 0.25) is 0 Å². The van der Waals surface area contributed by atoms with Gasteiger partial charge in [-0.2, -0.15) is 0 Å². The Morgan fingerprint density at radius 1 is 1.11 bits per heavy atom. The Kier molecular flexibility index (Phi) is 6.38. The fourth-order valence-corrected chi connectivity index (χ4v) is 4.68. The first-order valence-electron chi connectivity index (χ1n) is 11.7. The molecule has 5 rings (SSSR count). The maximum absolute atomic E-state index is 14.2. The van der Waals surface area contributed by atoms with Crippen LogP contribution in [0.5, 0.6) is 5.75 Å². The minimum absolute atomic E-state index is 0.316. The molecule has 36 heavy (non-hydrogen) atoms. The topological polar surface area (TPSA) is 108 Å². The van der Waals surface area contributed by atoms with E-state index in [1.165, 1.54) is 12.1 Å². The zero-order valence-electron chi connectivity index (χ0n) is 20.7. The van der Waals surface area contributed by atoms with Crippen molar-refractivity contribution >= 4 is 28.0 Å². The molecule has 0 saturated carbocycles. The molecule has 2 aromatic carbocycles. The van der Waals surface area contributed by atoms with Crippen molar-refractivity contribution < 1.29 is 13.9 Å². The summed E-state index contributed by atoms with van der Waals surface area (Å²) in [5, 5.41) is 0.959. The van der Waals surface area contributed by atoms with E-state index in [0.717, 1.165) is 22.2 Å². The van der Waals surface area contributed by atoms with Crippen LogP contribution in [-0.4, -0.2) is 66.9 Å². The number of benzene rings is 2. The van der Waals surface area contributed by atoms with Crippen molar-refractivity contribution in [1.29, 1.82) is 0 Å². The monoisotopic (exact) mass is 491 g/mol. The number of ether oxygens (including phenoxy) is 2. The molecular weight excluding hydrogens is 461 g/mol. The van der Waals surface area contributed by atoms with Crippen LogP contribution >= 0.6 is 0 Å². The number of nitrogens with two attached hydrogens (primary N) is 2. The fourth-order valence-electron chi connectivity index (χ4n) is 4.68. The van der Waals surface area contributed by atoms with Gasteiger partial charge in [-0.25, -0.2) is 14.4 Å². The van der Waals surface area contributed by atoms with Gasteiger partial charge in [0.25, 0.3) is 0 Å². The van der Waals surface area contributed by atoms with Gasteiger partial charge < -0.3 is 35.3 Å². The number of rotatable bonds is 6. The zero-order valence-corrected chi connectivity index (χ0v) is 20.7. The summed E-state index contributed by atoms with van der Waals surface area (Å²) in [5.74, 6) is 1.12. The van der Waals surface area contributed by atoms with Gasteiger partial charge in [-0.3, -0.25) is 0 Å². The molecule has 9 nitrogen and oxygen atoms in total. The highest BCUT2D eigenvalue weighted by atomic mass is 19.1. The number of nitrogens with zero attached hydrogens (tertiary/aromatic N) is 5. The Balaban J connectivity index is 1.66. The predicted molar refractivity (Wildman–Crippen MR) is 140 cm³/mol. The number of anilines is 3. The lowest BCUT2D eigenvalue weighted by Gasteiger charge is -2.31. The van der Waals surface area contributed by atoms with Crippen LogP contribution in [0.4, 0.5) is 21.5 Å². The second kappa shape index (κ2) is 9.63. The molecule has 3 heterocycles. The normalized spacial score (nSPS) is 14.1. The Labute approximate surface area is 209 Å². The zero-order chi connectivity index (χ0) is 25.4. The molecule has 1 aliphatic heterocycles. The first kappa shape index (κ1) is 23.8. The van der Waals surface area contributed by atoms with Gasteiger partial charge in [-0.05, 0) is 43.9 Å². The Bertz CT molecular complexity index is 1410. The highest BCUT2D eigenvalue weighted by Crippen LogP contribution is 2.43. The second-order valence-corrected chi connectivity index (χ2v) is 9.06. The minimum atomic E-state index is -0.316. The van der Waals surface area contributed by atoms with Crippen molar-refractivity contribution in [2.45, 2.75) is 6.54 Å². The molecule has 2 aromatic heterocycles. The van der Waals surface area contributed by atoms with Crippen LogP contribution < -0.4 is 21.1 Å². The second-order valence-electron chi connectivity index (χ2n) is 9.06. The van der Waals surface area contributed by atoms with Crippen molar-refractivity contribution in [3.63, 3.8) is 0 Å². The standard InChI is InChI=1S/C26H30FN7O2/c1-32(2)14-16-15-34(19-12-17(27)4-5-18(16)19)22-6-7-30-26(31-22)23-24(28)20(13-21(35-3)25(23)29)33-8-10-36-11-9-33/h4-7,12-13,15H,8-11,14,28-29H2,1-3H3. The highest BCUT2D eigenvalue weighted by molar-refractivity contribution is 5.95. The third-order valence-corrected chi connectivity index (χ3v) is 6.37. The maximum Gasteiger partial charge on any atom is 0.165 e. The summed E-state index contributed by atoms with van der Waals surface area (Å²) in [7, 11) is 5.56. The molecule has 0 bridgehead atoms. The molecule has 4 aromatic rings. The fraction of sp³-hybridized carbons (Fsp3) is 0.308. The largest absolute Gasteiger partial charge is 0.494 e. The summed E-state index contributed by atoms with van der Waals surface area (Å²) >= 11 is 0. The number of morpholine rings is 1. The lowest BCUT2D eigenvalue weighted by Crippen LogP contribution is -2.36. The lowest BCUT2D eigenvalue weighted by atomic mass is 10.1. The van der Waals surface area contributed by atoms with E-state index >= 15 is 0 Å². The summed E-state index contributed by atoms with van der Waals surface area (Å²) in [5.41, 5.74) is 17.1. The van der Waals surface area contributed by atoms with Crippen LogP contribution in [0.25, 0.3) is 28.1 Å². The molecule has 0 radical (unpaired) electrons. The van der Waals surface area contributed by atoms with Gasteiger partial charge in [0, 0.05) is 43.5 Å². The average molecular weight is 492 g/mol. The van der Waals surface area contributed by atoms with Gasteiger partial charge in [0.1, 0.15) is 17.4 Å². The molecule has 0 aliphatic carbocycles. The molecular formula is C26H30FN7O2. The minimum Gasteiger partial charge on any atom is -0.494 e. The highest BCUT2D eigenvalue weighted by Gasteiger charge is 2.23. The third kappa shape index (κ3) is 4.29. The molecule has 0 atom stereocenters. The van der Waals surface area contributed by atoms with Crippen molar-refractivity contribution in [2.75, 3.05) is 63.9 Å². The van der Waals surface area contributed by atoms with Crippen molar-refractivity contribution in [3.05, 3.63) is 54.1 Å². The van der Waals surface area contributed by atoms with Gasteiger partial charge >= 0.3 is 0 Å². The van der Waals surface area contributed by atoms with E-state index in [9.17, 15) is 4.39 Å². The summed E-state index contributed by atoms with van der Waals surface area (Å²) in [6.45, 7) is 3.33. The molecule has 0 amide bonds. The number of hydrogen-bond acceptors (Lipinski definition) is 8. The molecule has 4 N–H and O–H groups in total. The van der Waals surface area contributed by atoms with Crippen molar-refractivity contribution in [3.8, 4) is 23.0 Å². The molecule has 1 fully saturated rings. The van der Waals surface area contributed by atoms with Gasteiger partial charge in [-0.15, -0.1) is 0 Å². The molecule has 0 spiro atoms. The first-order chi connectivity index (χ1) is 17.4. The summed E-state index contributed by atoms with van der Waals surface area (Å²) in [4.78, 5) is 13.5. The number of nitrogen functional groups attached to an aromatic ring is 2. The maximum atomic E-state index is 14.2. The number of methoxy groups -OCH3 is 1. The number of aromatic nitrogens is 3. The lowest BCUT2D eigenvalue weighted by molar-refractivity contribution is 0.123. The van der Waals surface area contributed by atoms with Crippen molar-refractivity contribution in [1.82, 2.24) is 19.4 Å². The molecule has 1 aliphatic rings. The molecule has 188 valence electrons. The number of halogens is 1. The van der Waals surface area contributed by atoms with E-state index in [4.69, 9.17) is 25.9 Å².